The summed E-state index contributed by atoms with van der Waals surface area (Å²) in [6.45, 7) is 17.1. The number of nitrogens with zero attached hydrogens (tertiary/aromatic N) is 2. The van der Waals surface area contributed by atoms with E-state index in [1.807, 2.05) is 58.3 Å². The van der Waals surface area contributed by atoms with Crippen molar-refractivity contribution in [3.05, 3.63) is 131 Å². The van der Waals surface area contributed by atoms with E-state index in [0.717, 1.165) is 85.6 Å². The third kappa shape index (κ3) is 20.6. The van der Waals surface area contributed by atoms with E-state index in [4.69, 9.17) is 19.7 Å². The van der Waals surface area contributed by atoms with Crippen molar-refractivity contribution in [2.24, 2.45) is 11.8 Å². The average molecular weight is 976 g/mol. The summed E-state index contributed by atoms with van der Waals surface area (Å²) in [5.74, 6) is 0.470. The molecule has 384 valence electrons. The molecule has 14 nitrogen and oxygen atoms in total. The number of nitrogens with one attached hydrogen (secondary N) is 4. The molecule has 2 aliphatic rings. The van der Waals surface area contributed by atoms with Gasteiger partial charge in [-0.15, -0.1) is 0 Å². The number of rotatable bonds is 18. The number of hydrogen-bond acceptors (Lipinski definition) is 8. The summed E-state index contributed by atoms with van der Waals surface area (Å²) in [7, 11) is 4.38. The van der Waals surface area contributed by atoms with Crippen molar-refractivity contribution in [3.63, 3.8) is 0 Å². The quantitative estimate of drug-likeness (QED) is 0.0870. The van der Waals surface area contributed by atoms with Crippen LogP contribution < -0.4 is 35.0 Å². The number of carbonyl (C=O) groups is 3. The van der Waals surface area contributed by atoms with Gasteiger partial charge in [-0.1, -0.05) is 76.2 Å². The van der Waals surface area contributed by atoms with Crippen molar-refractivity contribution >= 4 is 18.0 Å². The number of urea groups is 2. The van der Waals surface area contributed by atoms with Gasteiger partial charge in [0.05, 0.1) is 65.6 Å². The fraction of sp³-hybridized carbons (Fsp3) is 0.500. The van der Waals surface area contributed by atoms with E-state index in [-0.39, 0.29) is 35.8 Å². The first-order valence-electron chi connectivity index (χ1n) is 24.6. The molecule has 4 aromatic carbocycles. The van der Waals surface area contributed by atoms with Crippen LogP contribution in [0.5, 0.6) is 11.5 Å². The topological polar surface area (TPSA) is 173 Å². The maximum Gasteiger partial charge on any atom is 0.318 e. The van der Waals surface area contributed by atoms with Crippen LogP contribution in [0.3, 0.4) is 0 Å². The van der Waals surface area contributed by atoms with Crippen LogP contribution in [0.1, 0.15) is 82.6 Å². The molecule has 0 unspecified atom stereocenters. The average Bonchev–Trinajstić information content (AvgIpc) is 3.34. The van der Waals surface area contributed by atoms with Gasteiger partial charge in [0.1, 0.15) is 29.2 Å². The fourth-order valence-electron chi connectivity index (χ4n) is 7.81. The molecule has 2 aliphatic heterocycles. The highest BCUT2D eigenvalue weighted by molar-refractivity contribution is 5.75. The molecule has 0 saturated carbocycles. The van der Waals surface area contributed by atoms with Crippen molar-refractivity contribution in [2.75, 3.05) is 53.5 Å². The number of ether oxygens (including phenoxy) is 2. The lowest BCUT2D eigenvalue weighted by molar-refractivity contribution is -0.885. The van der Waals surface area contributed by atoms with Crippen molar-refractivity contribution < 1.29 is 57.8 Å². The minimum absolute atomic E-state index is 0.0750. The number of carboxylic acids is 1. The first kappa shape index (κ1) is 56.8. The number of aliphatic hydroxyl groups is 2. The number of aliphatic carboxylic acids is 1. The van der Waals surface area contributed by atoms with Crippen LogP contribution in [0.15, 0.2) is 97.1 Å². The molecule has 6 N–H and O–H groups in total. The van der Waals surface area contributed by atoms with Crippen LogP contribution in [0.2, 0.25) is 0 Å². The standard InChI is InChI=1S/2C25H34FN3O2.C4H8O4/c2*1-19(2)18-31-24-10-6-20(7-11-24)16-27-25(30)29(23-12-14-28(3)15-13-23)17-21-4-8-22(26)9-5-21;1-2(5)3(6)4(7)8/h2*4-11,19,23H,12-18H2,1-3H3,(H,27,30);2-3,5-6H,1H3,(H,7,8)/p+1/t;;2-,3+/m..0/s1. The molecule has 0 spiro atoms. The number of hydrogen-bond donors (Lipinski definition) is 6. The number of piperidine rings is 2. The lowest BCUT2D eigenvalue weighted by Crippen LogP contribution is -3.10. The number of benzene rings is 4. The summed E-state index contributed by atoms with van der Waals surface area (Å²) >= 11 is 0. The van der Waals surface area contributed by atoms with E-state index >= 15 is 0 Å². The summed E-state index contributed by atoms with van der Waals surface area (Å²) in [5, 5.41) is 32.4. The van der Waals surface area contributed by atoms with Crippen LogP contribution in [0.4, 0.5) is 18.4 Å². The van der Waals surface area contributed by atoms with E-state index in [9.17, 15) is 28.3 Å². The zero-order valence-electron chi connectivity index (χ0n) is 42.1. The Morgan fingerprint density at radius 3 is 1.17 bits per heavy atom. The smallest absolute Gasteiger partial charge is 0.318 e. The zero-order valence-corrected chi connectivity index (χ0v) is 42.1. The number of carbonyl (C=O) groups excluding carboxylic acids is 3. The molecular formula is C54H77F2N6O8+. The highest BCUT2D eigenvalue weighted by Crippen LogP contribution is 2.19. The molecule has 70 heavy (non-hydrogen) atoms. The Morgan fingerprint density at radius 2 is 0.900 bits per heavy atom. The minimum atomic E-state index is -1.77. The molecule has 0 aromatic heterocycles. The van der Waals surface area contributed by atoms with Gasteiger partial charge in [-0.05, 0) is 89.5 Å². The molecule has 2 atom stereocenters. The largest absolute Gasteiger partial charge is 0.547 e. The lowest BCUT2D eigenvalue weighted by Gasteiger charge is -2.36. The molecule has 4 aromatic rings. The Bertz CT molecular complexity index is 1990. The van der Waals surface area contributed by atoms with E-state index in [2.05, 4.69) is 52.4 Å². The summed E-state index contributed by atoms with van der Waals surface area (Å²) in [4.78, 5) is 42.7. The Morgan fingerprint density at radius 1 is 0.586 bits per heavy atom. The van der Waals surface area contributed by atoms with Crippen molar-refractivity contribution in [2.45, 2.75) is 111 Å². The number of quaternary nitrogens is 2. The van der Waals surface area contributed by atoms with Gasteiger partial charge < -0.3 is 59.8 Å². The molecule has 2 heterocycles. The van der Waals surface area contributed by atoms with Crippen molar-refractivity contribution in [1.29, 1.82) is 0 Å². The maximum atomic E-state index is 13.3. The first-order chi connectivity index (χ1) is 33.4. The Balaban J connectivity index is 0.000000264. The third-order valence-corrected chi connectivity index (χ3v) is 12.2. The Hall–Kier alpha value is -5.81. The van der Waals surface area contributed by atoms with Crippen LogP contribution in [0, 0.1) is 23.5 Å². The van der Waals surface area contributed by atoms with E-state index in [1.165, 1.54) is 41.0 Å². The van der Waals surface area contributed by atoms with Gasteiger partial charge in [-0.3, -0.25) is 0 Å². The predicted molar refractivity (Wildman–Crippen MR) is 264 cm³/mol. The van der Waals surface area contributed by atoms with Gasteiger partial charge in [0.2, 0.25) is 0 Å². The lowest BCUT2D eigenvalue weighted by atomic mass is 10.0. The second-order valence-electron chi connectivity index (χ2n) is 19.4. The molecule has 2 fully saturated rings. The first-order valence-corrected chi connectivity index (χ1v) is 24.6. The number of carboxylic acid groups (broad SMARTS) is 1. The second-order valence-corrected chi connectivity index (χ2v) is 19.4. The Kier molecular flexibility index (Phi) is 23.8. The molecule has 16 heteroatoms. The minimum Gasteiger partial charge on any atom is -0.547 e. The molecule has 2 saturated heterocycles. The molecule has 0 radical (unpaired) electrons. The van der Waals surface area contributed by atoms with Crippen molar-refractivity contribution in [1.82, 2.24) is 20.4 Å². The van der Waals surface area contributed by atoms with Gasteiger partial charge in [0.25, 0.3) is 0 Å². The van der Waals surface area contributed by atoms with E-state index in [0.29, 0.717) is 51.2 Å². The summed E-state index contributed by atoms with van der Waals surface area (Å²) in [6, 6.07) is 28.8. The van der Waals surface area contributed by atoms with Gasteiger partial charge in [-0.25, -0.2) is 18.4 Å². The molecule has 0 aliphatic carbocycles. The van der Waals surface area contributed by atoms with Crippen LogP contribution in [-0.2, 0) is 31.0 Å². The number of aliphatic hydroxyl groups excluding tert-OH is 2. The number of amides is 4. The summed E-state index contributed by atoms with van der Waals surface area (Å²) in [5.41, 5.74) is 3.93. The molecular weight excluding hydrogens is 899 g/mol. The molecule has 4 amide bonds. The van der Waals surface area contributed by atoms with Crippen LogP contribution in [-0.4, -0.2) is 116 Å². The zero-order chi connectivity index (χ0) is 51.2. The molecule has 0 bridgehead atoms. The number of likely N-dealkylation sites (tertiary alicyclic amines) is 2. The SMILES string of the molecule is CC(C)COc1ccc(CNC(=O)N(Cc2ccc(F)cc2)C2CC[NH+](C)CC2)cc1.CC(C)COc1ccc(CNC(=O)N(Cc2ccc(F)cc2)C2CC[NH+](C)CC2)cc1.C[C@H](O)[C@@H](O)C(=O)[O-]. The maximum absolute atomic E-state index is 13.3. The highest BCUT2D eigenvalue weighted by Gasteiger charge is 2.30. The van der Waals surface area contributed by atoms with Gasteiger partial charge in [0, 0.05) is 63.9 Å². The van der Waals surface area contributed by atoms with Gasteiger partial charge >= 0.3 is 12.1 Å². The van der Waals surface area contributed by atoms with Crippen LogP contribution >= 0.6 is 0 Å². The van der Waals surface area contributed by atoms with E-state index < -0.39 is 18.2 Å². The number of halogens is 2. The third-order valence-electron chi connectivity index (χ3n) is 12.2. The summed E-state index contributed by atoms with van der Waals surface area (Å²) < 4.78 is 38.1. The molecule has 6 rings (SSSR count). The summed E-state index contributed by atoms with van der Waals surface area (Å²) in [6.07, 6.45) is 0.866. The normalized spacial score (nSPS) is 18.5. The predicted octanol–water partition coefficient (Wildman–Crippen LogP) is 3.98. The highest BCUT2D eigenvalue weighted by atomic mass is 19.1. The van der Waals surface area contributed by atoms with Gasteiger partial charge in [-0.2, -0.15) is 0 Å². The second kappa shape index (κ2) is 29.4. The Labute approximate surface area is 413 Å². The van der Waals surface area contributed by atoms with Gasteiger partial charge in [0.15, 0.2) is 0 Å². The fourth-order valence-corrected chi connectivity index (χ4v) is 7.81. The van der Waals surface area contributed by atoms with Crippen molar-refractivity contribution in [3.8, 4) is 11.5 Å². The monoisotopic (exact) mass is 976 g/mol. The van der Waals surface area contributed by atoms with E-state index in [1.54, 1.807) is 24.3 Å². The van der Waals surface area contributed by atoms with Crippen LogP contribution in [0.25, 0.3) is 0 Å².